The first-order valence-electron chi connectivity index (χ1n) is 7.96. The first-order chi connectivity index (χ1) is 9.22. The van der Waals surface area contributed by atoms with Crippen molar-refractivity contribution in [2.75, 3.05) is 26.2 Å². The van der Waals surface area contributed by atoms with Crippen LogP contribution in [0.4, 0.5) is 0 Å². The molecule has 2 aliphatic rings. The van der Waals surface area contributed by atoms with Crippen molar-refractivity contribution in [2.45, 2.75) is 70.2 Å². The summed E-state index contributed by atoms with van der Waals surface area (Å²) in [6.07, 6.45) is 6.64. The van der Waals surface area contributed by atoms with E-state index in [1.165, 1.54) is 32.1 Å². The van der Waals surface area contributed by atoms with E-state index in [2.05, 4.69) is 24.1 Å². The van der Waals surface area contributed by atoms with E-state index in [-0.39, 0.29) is 18.8 Å². The standard InChI is InChI=1S/C15H30N2O2/c1-3-8-16-13-4-6-14(7-5-13)17-9-12(2)19-15(10-17)11-18/h12-16,18H,3-11H2,1-2H3. The average Bonchev–Trinajstić information content (AvgIpc) is 2.45. The summed E-state index contributed by atoms with van der Waals surface area (Å²) in [7, 11) is 0. The predicted octanol–water partition coefficient (Wildman–Crippen LogP) is 1.38. The molecule has 2 N–H and O–H groups in total. The Morgan fingerprint density at radius 3 is 2.58 bits per heavy atom. The number of nitrogens with zero attached hydrogens (tertiary/aromatic N) is 1. The molecule has 1 aliphatic carbocycles. The van der Waals surface area contributed by atoms with E-state index < -0.39 is 0 Å². The summed E-state index contributed by atoms with van der Waals surface area (Å²) >= 11 is 0. The van der Waals surface area contributed by atoms with E-state index in [1.807, 2.05) is 0 Å². The van der Waals surface area contributed by atoms with Crippen molar-refractivity contribution in [2.24, 2.45) is 0 Å². The lowest BCUT2D eigenvalue weighted by molar-refractivity contribution is -0.108. The molecule has 1 saturated heterocycles. The highest BCUT2D eigenvalue weighted by Gasteiger charge is 2.31. The molecule has 0 spiro atoms. The Hall–Kier alpha value is -0.160. The fourth-order valence-electron chi connectivity index (χ4n) is 3.47. The van der Waals surface area contributed by atoms with Crippen LogP contribution in [0.2, 0.25) is 0 Å². The van der Waals surface area contributed by atoms with Gasteiger partial charge in [0.1, 0.15) is 0 Å². The Morgan fingerprint density at radius 2 is 1.95 bits per heavy atom. The van der Waals surface area contributed by atoms with Crippen LogP contribution in [-0.4, -0.2) is 60.5 Å². The van der Waals surface area contributed by atoms with Crippen LogP contribution in [0, 0.1) is 0 Å². The average molecular weight is 270 g/mol. The van der Waals surface area contributed by atoms with E-state index in [9.17, 15) is 5.11 Å². The van der Waals surface area contributed by atoms with Crippen LogP contribution in [0.25, 0.3) is 0 Å². The van der Waals surface area contributed by atoms with Gasteiger partial charge < -0.3 is 15.2 Å². The van der Waals surface area contributed by atoms with Crippen molar-refractivity contribution < 1.29 is 9.84 Å². The van der Waals surface area contributed by atoms with Crippen LogP contribution in [-0.2, 0) is 4.74 Å². The van der Waals surface area contributed by atoms with E-state index in [0.29, 0.717) is 6.04 Å². The van der Waals surface area contributed by atoms with Gasteiger partial charge in [-0.1, -0.05) is 6.92 Å². The molecule has 1 saturated carbocycles. The maximum absolute atomic E-state index is 9.30. The Morgan fingerprint density at radius 1 is 1.21 bits per heavy atom. The quantitative estimate of drug-likeness (QED) is 0.792. The van der Waals surface area contributed by atoms with Crippen LogP contribution in [0.1, 0.15) is 46.0 Å². The number of ether oxygens (including phenoxy) is 1. The normalized spacial score (nSPS) is 37.4. The smallest absolute Gasteiger partial charge is 0.0936 e. The molecule has 0 bridgehead atoms. The summed E-state index contributed by atoms with van der Waals surface area (Å²) < 4.78 is 5.73. The summed E-state index contributed by atoms with van der Waals surface area (Å²) in [5, 5.41) is 12.9. The van der Waals surface area contributed by atoms with Crippen LogP contribution in [0.5, 0.6) is 0 Å². The van der Waals surface area contributed by atoms with Gasteiger partial charge in [0.25, 0.3) is 0 Å². The Kier molecular flexibility index (Phi) is 6.07. The minimum Gasteiger partial charge on any atom is -0.394 e. The highest BCUT2D eigenvalue weighted by atomic mass is 16.5. The van der Waals surface area contributed by atoms with Gasteiger partial charge in [-0.25, -0.2) is 0 Å². The van der Waals surface area contributed by atoms with E-state index in [1.54, 1.807) is 0 Å². The van der Waals surface area contributed by atoms with Crippen molar-refractivity contribution in [1.29, 1.82) is 0 Å². The van der Waals surface area contributed by atoms with E-state index >= 15 is 0 Å². The van der Waals surface area contributed by atoms with Gasteiger partial charge in [-0.15, -0.1) is 0 Å². The topological polar surface area (TPSA) is 44.7 Å². The third kappa shape index (κ3) is 4.42. The zero-order valence-corrected chi connectivity index (χ0v) is 12.5. The van der Waals surface area contributed by atoms with Gasteiger partial charge in [0, 0.05) is 25.2 Å². The van der Waals surface area contributed by atoms with Gasteiger partial charge in [-0.3, -0.25) is 4.90 Å². The maximum Gasteiger partial charge on any atom is 0.0936 e. The van der Waals surface area contributed by atoms with E-state index in [4.69, 9.17) is 4.74 Å². The third-order valence-corrected chi connectivity index (χ3v) is 4.45. The van der Waals surface area contributed by atoms with Crippen molar-refractivity contribution in [3.05, 3.63) is 0 Å². The second-order valence-corrected chi connectivity index (χ2v) is 6.16. The Balaban J connectivity index is 1.77. The number of hydrogen-bond donors (Lipinski definition) is 2. The lowest BCUT2D eigenvalue weighted by Gasteiger charge is -2.43. The first kappa shape index (κ1) is 15.2. The molecule has 1 heterocycles. The molecule has 2 unspecified atom stereocenters. The molecule has 112 valence electrons. The number of aliphatic hydroxyl groups is 1. The maximum atomic E-state index is 9.30. The predicted molar refractivity (Wildman–Crippen MR) is 77.3 cm³/mol. The molecule has 0 aromatic rings. The lowest BCUT2D eigenvalue weighted by Crippen LogP contribution is -2.53. The summed E-state index contributed by atoms with van der Waals surface area (Å²) in [6, 6.07) is 1.42. The van der Waals surface area contributed by atoms with Crippen LogP contribution < -0.4 is 5.32 Å². The number of nitrogens with one attached hydrogen (secondary N) is 1. The van der Waals surface area contributed by atoms with Gasteiger partial charge in [-0.05, 0) is 45.6 Å². The molecule has 1 aliphatic heterocycles. The fourth-order valence-corrected chi connectivity index (χ4v) is 3.47. The summed E-state index contributed by atoms with van der Waals surface area (Å²) in [6.45, 7) is 7.56. The molecule has 4 heteroatoms. The molecular weight excluding hydrogens is 240 g/mol. The van der Waals surface area contributed by atoms with Gasteiger partial charge in [0.05, 0.1) is 18.8 Å². The van der Waals surface area contributed by atoms with Crippen molar-refractivity contribution >= 4 is 0 Å². The molecular formula is C15H30N2O2. The van der Waals surface area contributed by atoms with Crippen molar-refractivity contribution in [3.63, 3.8) is 0 Å². The molecule has 0 amide bonds. The van der Waals surface area contributed by atoms with Gasteiger partial charge >= 0.3 is 0 Å². The number of rotatable bonds is 5. The van der Waals surface area contributed by atoms with Gasteiger partial charge in [-0.2, -0.15) is 0 Å². The molecule has 19 heavy (non-hydrogen) atoms. The minimum absolute atomic E-state index is 0.0136. The van der Waals surface area contributed by atoms with Gasteiger partial charge in [0.15, 0.2) is 0 Å². The van der Waals surface area contributed by atoms with Crippen LogP contribution in [0.15, 0.2) is 0 Å². The second kappa shape index (κ2) is 7.58. The molecule has 0 aromatic heterocycles. The van der Waals surface area contributed by atoms with Crippen molar-refractivity contribution in [3.8, 4) is 0 Å². The highest BCUT2D eigenvalue weighted by molar-refractivity contribution is 4.86. The number of aliphatic hydroxyl groups excluding tert-OH is 1. The largest absolute Gasteiger partial charge is 0.394 e. The second-order valence-electron chi connectivity index (χ2n) is 6.16. The van der Waals surface area contributed by atoms with Gasteiger partial charge in [0.2, 0.25) is 0 Å². The Labute approximate surface area is 117 Å². The number of hydrogen-bond acceptors (Lipinski definition) is 4. The molecule has 0 radical (unpaired) electrons. The highest BCUT2D eigenvalue weighted by Crippen LogP contribution is 2.26. The molecule has 2 rings (SSSR count). The monoisotopic (exact) mass is 270 g/mol. The molecule has 4 nitrogen and oxygen atoms in total. The van der Waals surface area contributed by atoms with Crippen molar-refractivity contribution in [1.82, 2.24) is 10.2 Å². The zero-order chi connectivity index (χ0) is 13.7. The summed E-state index contributed by atoms with van der Waals surface area (Å²) in [4.78, 5) is 2.55. The minimum atomic E-state index is 0.0136. The first-order valence-corrected chi connectivity index (χ1v) is 7.96. The van der Waals surface area contributed by atoms with Crippen LogP contribution in [0.3, 0.4) is 0 Å². The lowest BCUT2D eigenvalue weighted by atomic mass is 9.89. The van der Waals surface area contributed by atoms with E-state index in [0.717, 1.165) is 25.7 Å². The number of morpholine rings is 1. The summed E-state index contributed by atoms with van der Waals surface area (Å²) in [5.41, 5.74) is 0. The Bertz CT molecular complexity index is 255. The van der Waals surface area contributed by atoms with Crippen LogP contribution >= 0.6 is 0 Å². The zero-order valence-electron chi connectivity index (χ0n) is 12.5. The molecule has 2 atom stereocenters. The molecule has 0 aromatic carbocycles. The molecule has 2 fully saturated rings. The summed E-state index contributed by atoms with van der Waals surface area (Å²) in [5.74, 6) is 0. The SMILES string of the molecule is CCCNC1CCC(N2CC(C)OC(CO)C2)CC1. The third-order valence-electron chi connectivity index (χ3n) is 4.45. The fraction of sp³-hybridized carbons (Fsp3) is 1.00.